The molecule has 8 aromatic rings. The van der Waals surface area contributed by atoms with Crippen LogP contribution in [0.4, 0.5) is 0 Å². The largest absolute Gasteiger partial charge is 0.455 e. The van der Waals surface area contributed by atoms with E-state index in [1.165, 1.54) is 31.3 Å². The van der Waals surface area contributed by atoms with Gasteiger partial charge in [-0.3, -0.25) is 5.32 Å². The van der Waals surface area contributed by atoms with Gasteiger partial charge in [-0.1, -0.05) is 115 Å². The zero-order valence-electron chi connectivity index (χ0n) is 23.7. The van der Waals surface area contributed by atoms with Crippen LogP contribution in [0.3, 0.4) is 0 Å². The van der Waals surface area contributed by atoms with Crippen molar-refractivity contribution in [2.75, 3.05) is 0 Å². The lowest BCUT2D eigenvalue weighted by Gasteiger charge is -2.32. The van der Waals surface area contributed by atoms with Crippen LogP contribution in [-0.4, -0.2) is 5.84 Å². The number of hydrogen-bond acceptors (Lipinski definition) is 5. The maximum Gasteiger partial charge on any atom is 0.146 e. The van der Waals surface area contributed by atoms with E-state index < -0.39 is 0 Å². The van der Waals surface area contributed by atoms with Crippen LogP contribution in [0.5, 0.6) is 0 Å². The van der Waals surface area contributed by atoms with E-state index in [9.17, 15) is 0 Å². The second kappa shape index (κ2) is 10.2. The van der Waals surface area contributed by atoms with E-state index in [0.29, 0.717) is 0 Å². The highest BCUT2D eigenvalue weighted by molar-refractivity contribution is 7.25. The van der Waals surface area contributed by atoms with E-state index in [1.54, 1.807) is 0 Å². The van der Waals surface area contributed by atoms with Crippen molar-refractivity contribution in [1.29, 1.82) is 0 Å². The molecule has 2 aromatic heterocycles. The molecule has 0 aliphatic carbocycles. The zero-order valence-corrected chi connectivity index (χ0v) is 24.5. The number of hydrogen-bond donors (Lipinski definition) is 2. The molecule has 2 unspecified atom stereocenters. The van der Waals surface area contributed by atoms with Crippen molar-refractivity contribution >= 4 is 59.3 Å². The molecule has 0 bridgehead atoms. The molecule has 1 aliphatic rings. The third kappa shape index (κ3) is 4.21. The van der Waals surface area contributed by atoms with Crippen LogP contribution in [0.25, 0.3) is 53.2 Å². The third-order valence-electron chi connectivity index (χ3n) is 8.58. The lowest BCUT2D eigenvalue weighted by molar-refractivity contribution is 0.409. The van der Waals surface area contributed by atoms with E-state index in [0.717, 1.165) is 44.5 Å². The Labute approximate surface area is 258 Å². The fourth-order valence-electron chi connectivity index (χ4n) is 6.39. The van der Waals surface area contributed by atoms with E-state index in [2.05, 4.69) is 132 Å². The smallest absolute Gasteiger partial charge is 0.146 e. The highest BCUT2D eigenvalue weighted by Crippen LogP contribution is 2.39. The first kappa shape index (κ1) is 25.3. The molecule has 0 amide bonds. The van der Waals surface area contributed by atoms with E-state index >= 15 is 0 Å². The molecular weight excluding hydrogens is 559 g/mol. The van der Waals surface area contributed by atoms with E-state index in [4.69, 9.17) is 9.41 Å². The number of thiophene rings is 1. The molecule has 44 heavy (non-hydrogen) atoms. The van der Waals surface area contributed by atoms with Gasteiger partial charge in [0.05, 0.1) is 5.56 Å². The Morgan fingerprint density at radius 1 is 0.568 bits per heavy atom. The van der Waals surface area contributed by atoms with Crippen LogP contribution in [0.2, 0.25) is 0 Å². The predicted molar refractivity (Wildman–Crippen MR) is 183 cm³/mol. The maximum atomic E-state index is 6.41. The lowest BCUT2D eigenvalue weighted by atomic mass is 10.0. The van der Waals surface area contributed by atoms with Crippen molar-refractivity contribution in [3.05, 3.63) is 156 Å². The van der Waals surface area contributed by atoms with Crippen LogP contribution in [0.15, 0.2) is 149 Å². The standard InChI is InChI=1S/C39H27N3OS/c1-3-10-24(11-4-1)26-18-20-29-30-21-19-27(23-35(30)44-34(29)22-26)38-40-37(25-12-5-2-6-13-25)41-39(42-38)32-16-9-15-31-28-14-7-8-17-33(28)43-36(31)32/h1-23,37-38,40H,(H,41,42). The number of benzene rings is 6. The van der Waals surface area contributed by atoms with Crippen molar-refractivity contribution in [3.8, 4) is 11.1 Å². The number of nitrogens with one attached hydrogen (secondary N) is 2. The summed E-state index contributed by atoms with van der Waals surface area (Å²) >= 11 is 1.84. The van der Waals surface area contributed by atoms with E-state index in [1.807, 2.05) is 29.5 Å². The highest BCUT2D eigenvalue weighted by Gasteiger charge is 2.27. The van der Waals surface area contributed by atoms with Crippen LogP contribution in [0, 0.1) is 0 Å². The first-order chi connectivity index (χ1) is 21.8. The summed E-state index contributed by atoms with van der Waals surface area (Å²) in [5.41, 5.74) is 7.45. The molecule has 9 rings (SSSR count). The monoisotopic (exact) mass is 585 g/mol. The summed E-state index contributed by atoms with van der Waals surface area (Å²) in [6, 6.07) is 49.1. The number of amidine groups is 1. The van der Waals surface area contributed by atoms with Crippen molar-refractivity contribution in [2.45, 2.75) is 12.3 Å². The maximum absolute atomic E-state index is 6.41. The number of fused-ring (bicyclic) bond motifs is 6. The van der Waals surface area contributed by atoms with Crippen molar-refractivity contribution in [3.63, 3.8) is 0 Å². The Hall–Kier alpha value is -5.23. The van der Waals surface area contributed by atoms with Gasteiger partial charge in [-0.05, 0) is 46.5 Å². The van der Waals surface area contributed by atoms with Crippen molar-refractivity contribution in [1.82, 2.24) is 10.6 Å². The quantitative estimate of drug-likeness (QED) is 0.216. The van der Waals surface area contributed by atoms with Gasteiger partial charge in [0, 0.05) is 30.9 Å². The Bertz CT molecular complexity index is 2350. The Kier molecular flexibility index (Phi) is 5.86. The summed E-state index contributed by atoms with van der Waals surface area (Å²) in [5, 5.41) is 12.2. The number of rotatable bonds is 4. The van der Waals surface area contributed by atoms with Crippen molar-refractivity contribution in [2.24, 2.45) is 4.99 Å². The average Bonchev–Trinajstić information content (AvgIpc) is 3.66. The van der Waals surface area contributed by atoms with Gasteiger partial charge in [-0.25, -0.2) is 4.99 Å². The summed E-state index contributed by atoms with van der Waals surface area (Å²) in [4.78, 5) is 5.27. The second-order valence-corrected chi connectivity index (χ2v) is 12.3. The molecule has 2 N–H and O–H groups in total. The predicted octanol–water partition coefficient (Wildman–Crippen LogP) is 9.96. The van der Waals surface area contributed by atoms with Crippen molar-refractivity contribution < 1.29 is 4.42 Å². The number of nitrogens with zero attached hydrogens (tertiary/aromatic N) is 1. The lowest BCUT2D eigenvalue weighted by Crippen LogP contribution is -2.45. The Morgan fingerprint density at radius 3 is 2.16 bits per heavy atom. The first-order valence-electron chi connectivity index (χ1n) is 14.9. The van der Waals surface area contributed by atoms with Gasteiger partial charge in [-0.2, -0.15) is 0 Å². The van der Waals surface area contributed by atoms with Gasteiger partial charge in [0.25, 0.3) is 0 Å². The average molecular weight is 586 g/mol. The third-order valence-corrected chi connectivity index (χ3v) is 9.69. The summed E-state index contributed by atoms with van der Waals surface area (Å²) in [6.45, 7) is 0. The van der Waals surface area contributed by atoms with Gasteiger partial charge >= 0.3 is 0 Å². The molecule has 0 spiro atoms. The molecule has 0 fully saturated rings. The van der Waals surface area contributed by atoms with Gasteiger partial charge in [0.15, 0.2) is 0 Å². The molecule has 3 heterocycles. The molecule has 2 atom stereocenters. The molecule has 6 aromatic carbocycles. The summed E-state index contributed by atoms with van der Waals surface area (Å²) in [6.07, 6.45) is -0.370. The fraction of sp³-hybridized carbons (Fsp3) is 0.0513. The van der Waals surface area contributed by atoms with Crippen LogP contribution in [0.1, 0.15) is 29.0 Å². The van der Waals surface area contributed by atoms with Crippen LogP contribution < -0.4 is 10.6 Å². The summed E-state index contributed by atoms with van der Waals surface area (Å²) in [7, 11) is 0. The summed E-state index contributed by atoms with van der Waals surface area (Å²) in [5.74, 6) is 0.816. The van der Waals surface area contributed by atoms with Crippen LogP contribution >= 0.6 is 11.3 Å². The van der Waals surface area contributed by atoms with Crippen LogP contribution in [-0.2, 0) is 0 Å². The molecule has 5 heteroatoms. The van der Waals surface area contributed by atoms with Gasteiger partial charge in [-0.15, -0.1) is 11.3 Å². The molecule has 210 valence electrons. The van der Waals surface area contributed by atoms with Gasteiger partial charge < -0.3 is 9.73 Å². The number of para-hydroxylation sites is 2. The fourth-order valence-corrected chi connectivity index (χ4v) is 7.58. The minimum Gasteiger partial charge on any atom is -0.455 e. The summed E-state index contributed by atoms with van der Waals surface area (Å²) < 4.78 is 8.96. The molecular formula is C39H27N3OS. The SMILES string of the molecule is c1ccc(-c2ccc3c(c2)sc2cc(C4N=C(c5cccc6c5oc5ccccc56)NC(c5ccccc5)N4)ccc23)cc1. The molecule has 1 aliphatic heterocycles. The molecule has 4 nitrogen and oxygen atoms in total. The molecule has 0 saturated carbocycles. The first-order valence-corrected chi connectivity index (χ1v) is 15.7. The second-order valence-electron chi connectivity index (χ2n) is 11.3. The minimum atomic E-state index is -0.245. The zero-order chi connectivity index (χ0) is 29.0. The Balaban J connectivity index is 1.16. The van der Waals surface area contributed by atoms with E-state index in [-0.39, 0.29) is 12.3 Å². The highest BCUT2D eigenvalue weighted by atomic mass is 32.1. The Morgan fingerprint density at radius 2 is 1.30 bits per heavy atom. The van der Waals surface area contributed by atoms with Gasteiger partial charge in [0.1, 0.15) is 29.3 Å². The van der Waals surface area contributed by atoms with Gasteiger partial charge in [0.2, 0.25) is 0 Å². The number of furan rings is 1. The number of aliphatic imine (C=N–C) groups is 1. The topological polar surface area (TPSA) is 49.6 Å². The minimum absolute atomic E-state index is 0.125. The molecule has 0 radical (unpaired) electrons. The normalized spacial score (nSPS) is 16.9. The molecule has 0 saturated heterocycles.